The van der Waals surface area contributed by atoms with E-state index >= 15 is 0 Å². The molecule has 0 aliphatic heterocycles. The molecular weight excluding hydrogens is 313 g/mol. The summed E-state index contributed by atoms with van der Waals surface area (Å²) in [4.78, 5) is 12.3. The fourth-order valence-electron chi connectivity index (χ4n) is 2.13. The first-order chi connectivity index (χ1) is 11.6. The van der Waals surface area contributed by atoms with Gasteiger partial charge in [-0.25, -0.2) is 9.07 Å². The lowest BCUT2D eigenvalue weighted by Crippen LogP contribution is -2.31. The predicted octanol–water partition coefficient (Wildman–Crippen LogP) is 3.07. The molecule has 1 amide bonds. The minimum absolute atomic E-state index is 0.0317. The van der Waals surface area contributed by atoms with Gasteiger partial charge in [0, 0.05) is 6.07 Å². The van der Waals surface area contributed by atoms with E-state index in [1.54, 1.807) is 48.3 Å². The second-order valence-corrected chi connectivity index (χ2v) is 5.13. The normalized spacial score (nSPS) is 11.9. The number of nitrogens with zero attached hydrogens (tertiary/aromatic N) is 2. The maximum absolute atomic E-state index is 13.6. The molecule has 0 radical (unpaired) electrons. The molecule has 3 aromatic rings. The molecule has 0 aliphatic carbocycles. The Morgan fingerprint density at radius 2 is 2.17 bits per heavy atom. The third-order valence-electron chi connectivity index (χ3n) is 3.36. The third kappa shape index (κ3) is 3.62. The number of halogens is 1. The Kier molecular flexibility index (Phi) is 4.60. The lowest BCUT2D eigenvalue weighted by molar-refractivity contribution is -0.122. The molecule has 0 aliphatic rings. The van der Waals surface area contributed by atoms with Crippen LogP contribution in [0.1, 0.15) is 12.7 Å². The summed E-state index contributed by atoms with van der Waals surface area (Å²) in [6.45, 7) is 1.94. The average Bonchev–Trinajstić information content (AvgIpc) is 3.22. The summed E-state index contributed by atoms with van der Waals surface area (Å²) >= 11 is 0. The van der Waals surface area contributed by atoms with Gasteiger partial charge in [0.1, 0.15) is 18.1 Å². The van der Waals surface area contributed by atoms with Crippen LogP contribution in [0, 0.1) is 5.82 Å². The number of hydrogen-bond donors (Lipinski definition) is 1. The maximum atomic E-state index is 13.6. The van der Waals surface area contributed by atoms with Gasteiger partial charge in [0.05, 0.1) is 12.5 Å². The number of aromatic nitrogens is 2. The van der Waals surface area contributed by atoms with Gasteiger partial charge >= 0.3 is 0 Å². The number of benzene rings is 1. The number of ether oxygens (including phenoxy) is 1. The standard InChI is InChI=1S/C17H16FN3O3/c1-12(24-15-7-3-2-6-14(15)18)17(22)20-16-8-9-19-21(16)11-13-5-4-10-23-13/h2-10,12H,11H2,1H3,(H,20,22)/t12-/m1/s1. The maximum Gasteiger partial charge on any atom is 0.266 e. The van der Waals surface area contributed by atoms with E-state index in [-0.39, 0.29) is 5.75 Å². The minimum Gasteiger partial charge on any atom is -0.478 e. The molecule has 7 heteroatoms. The Morgan fingerprint density at radius 1 is 1.33 bits per heavy atom. The van der Waals surface area contributed by atoms with Crippen LogP contribution in [0.3, 0.4) is 0 Å². The fourth-order valence-corrected chi connectivity index (χ4v) is 2.13. The van der Waals surface area contributed by atoms with Crippen LogP contribution in [0.4, 0.5) is 10.2 Å². The Labute approximate surface area is 137 Å². The number of hydrogen-bond acceptors (Lipinski definition) is 4. The number of para-hydroxylation sites is 1. The van der Waals surface area contributed by atoms with E-state index in [4.69, 9.17) is 9.15 Å². The van der Waals surface area contributed by atoms with Gasteiger partial charge < -0.3 is 14.5 Å². The van der Waals surface area contributed by atoms with Crippen LogP contribution < -0.4 is 10.1 Å². The highest BCUT2D eigenvalue weighted by molar-refractivity contribution is 5.93. The number of amides is 1. The van der Waals surface area contributed by atoms with Gasteiger partial charge in [-0.05, 0) is 31.2 Å². The van der Waals surface area contributed by atoms with E-state index in [1.807, 2.05) is 6.07 Å². The zero-order valence-corrected chi connectivity index (χ0v) is 13.0. The molecular formula is C17H16FN3O3. The molecule has 1 atom stereocenters. The molecule has 0 unspecified atom stereocenters. The van der Waals surface area contributed by atoms with E-state index in [2.05, 4.69) is 10.4 Å². The molecule has 124 valence electrons. The van der Waals surface area contributed by atoms with Crippen molar-refractivity contribution in [1.82, 2.24) is 9.78 Å². The number of carbonyl (C=O) groups excluding carboxylic acids is 1. The van der Waals surface area contributed by atoms with E-state index < -0.39 is 17.8 Å². The lowest BCUT2D eigenvalue weighted by Gasteiger charge is -2.15. The summed E-state index contributed by atoms with van der Waals surface area (Å²) in [5.41, 5.74) is 0. The van der Waals surface area contributed by atoms with Gasteiger partial charge in [-0.15, -0.1) is 0 Å². The van der Waals surface area contributed by atoms with Crippen molar-refractivity contribution >= 4 is 11.7 Å². The SMILES string of the molecule is C[C@@H](Oc1ccccc1F)C(=O)Nc1ccnn1Cc1ccco1. The largest absolute Gasteiger partial charge is 0.478 e. The van der Waals surface area contributed by atoms with Crippen LogP contribution in [-0.4, -0.2) is 21.8 Å². The topological polar surface area (TPSA) is 69.3 Å². The predicted molar refractivity (Wildman–Crippen MR) is 85.2 cm³/mol. The summed E-state index contributed by atoms with van der Waals surface area (Å²) in [5.74, 6) is 0.328. The van der Waals surface area contributed by atoms with Gasteiger partial charge in [0.2, 0.25) is 0 Å². The summed E-state index contributed by atoms with van der Waals surface area (Å²) in [6.07, 6.45) is 2.27. The van der Waals surface area contributed by atoms with Gasteiger partial charge in [0.15, 0.2) is 17.7 Å². The molecule has 24 heavy (non-hydrogen) atoms. The van der Waals surface area contributed by atoms with E-state index in [1.165, 1.54) is 12.1 Å². The first-order valence-electron chi connectivity index (χ1n) is 7.40. The van der Waals surface area contributed by atoms with Crippen LogP contribution in [0.15, 0.2) is 59.3 Å². The Hall–Kier alpha value is -3.09. The van der Waals surface area contributed by atoms with Crippen molar-refractivity contribution in [3.8, 4) is 5.75 Å². The second kappa shape index (κ2) is 6.99. The van der Waals surface area contributed by atoms with Crippen molar-refractivity contribution in [2.75, 3.05) is 5.32 Å². The van der Waals surface area contributed by atoms with Crippen molar-refractivity contribution in [1.29, 1.82) is 0 Å². The second-order valence-electron chi connectivity index (χ2n) is 5.13. The molecule has 0 spiro atoms. The highest BCUT2D eigenvalue weighted by atomic mass is 19.1. The molecule has 0 bridgehead atoms. The summed E-state index contributed by atoms with van der Waals surface area (Å²) < 4.78 is 25.8. The minimum atomic E-state index is -0.867. The first-order valence-corrected chi connectivity index (χ1v) is 7.40. The van der Waals surface area contributed by atoms with Gasteiger partial charge in [0.25, 0.3) is 5.91 Å². The van der Waals surface area contributed by atoms with Crippen molar-refractivity contribution in [2.45, 2.75) is 19.6 Å². The van der Waals surface area contributed by atoms with Crippen molar-refractivity contribution in [3.63, 3.8) is 0 Å². The van der Waals surface area contributed by atoms with Crippen LogP contribution in [0.2, 0.25) is 0 Å². The number of furan rings is 1. The Morgan fingerprint density at radius 3 is 2.92 bits per heavy atom. The molecule has 0 saturated heterocycles. The molecule has 6 nitrogen and oxygen atoms in total. The molecule has 2 aromatic heterocycles. The zero-order valence-electron chi connectivity index (χ0n) is 13.0. The summed E-state index contributed by atoms with van der Waals surface area (Å²) in [6, 6.07) is 11.2. The first kappa shape index (κ1) is 15.8. The zero-order chi connectivity index (χ0) is 16.9. The molecule has 1 N–H and O–H groups in total. The van der Waals surface area contributed by atoms with Crippen molar-refractivity contribution in [3.05, 3.63) is 66.5 Å². The third-order valence-corrected chi connectivity index (χ3v) is 3.36. The number of rotatable bonds is 6. The monoisotopic (exact) mass is 329 g/mol. The van der Waals surface area contributed by atoms with Gasteiger partial charge in [-0.3, -0.25) is 4.79 Å². The summed E-state index contributed by atoms with van der Waals surface area (Å²) in [7, 11) is 0. The van der Waals surface area contributed by atoms with E-state index in [0.717, 1.165) is 0 Å². The highest BCUT2D eigenvalue weighted by Gasteiger charge is 2.18. The van der Waals surface area contributed by atoms with Crippen LogP contribution in [0.25, 0.3) is 0 Å². The van der Waals surface area contributed by atoms with E-state index in [9.17, 15) is 9.18 Å². The molecule has 0 fully saturated rings. The molecule has 0 saturated carbocycles. The Balaban J connectivity index is 1.64. The fraction of sp³-hybridized carbons (Fsp3) is 0.176. The highest BCUT2D eigenvalue weighted by Crippen LogP contribution is 2.18. The summed E-state index contributed by atoms with van der Waals surface area (Å²) in [5, 5.41) is 6.86. The van der Waals surface area contributed by atoms with E-state index in [0.29, 0.717) is 18.1 Å². The molecule has 2 heterocycles. The molecule has 1 aromatic carbocycles. The quantitative estimate of drug-likeness (QED) is 0.754. The van der Waals surface area contributed by atoms with Crippen molar-refractivity contribution in [2.24, 2.45) is 0 Å². The lowest BCUT2D eigenvalue weighted by atomic mass is 10.3. The van der Waals surface area contributed by atoms with Crippen LogP contribution in [0.5, 0.6) is 5.75 Å². The number of nitrogens with one attached hydrogen (secondary N) is 1. The number of carbonyl (C=O) groups is 1. The number of anilines is 1. The smallest absolute Gasteiger partial charge is 0.266 e. The Bertz CT molecular complexity index is 814. The van der Waals surface area contributed by atoms with Crippen molar-refractivity contribution < 1.29 is 18.3 Å². The molecule has 3 rings (SSSR count). The van der Waals surface area contributed by atoms with Crippen LogP contribution >= 0.6 is 0 Å². The van der Waals surface area contributed by atoms with Gasteiger partial charge in [-0.2, -0.15) is 5.10 Å². The van der Waals surface area contributed by atoms with Gasteiger partial charge in [-0.1, -0.05) is 12.1 Å². The average molecular weight is 329 g/mol. The van der Waals surface area contributed by atoms with Crippen LogP contribution in [-0.2, 0) is 11.3 Å².